The average molecular weight is 213 g/mol. The van der Waals surface area contributed by atoms with Crippen LogP contribution in [0.25, 0.3) is 0 Å². The first kappa shape index (κ1) is 11.4. The second kappa shape index (κ2) is 4.82. The quantitative estimate of drug-likeness (QED) is 0.757. The molecule has 0 amide bonds. The van der Waals surface area contributed by atoms with Crippen LogP contribution >= 0.6 is 0 Å². The van der Waals surface area contributed by atoms with E-state index >= 15 is 0 Å². The van der Waals surface area contributed by atoms with Crippen molar-refractivity contribution in [1.29, 1.82) is 0 Å². The van der Waals surface area contributed by atoms with E-state index in [0.29, 0.717) is 12.0 Å². The van der Waals surface area contributed by atoms with Gasteiger partial charge in [-0.2, -0.15) is 0 Å². The lowest BCUT2D eigenvalue weighted by atomic mass is 9.82. The van der Waals surface area contributed by atoms with Crippen molar-refractivity contribution in [3.8, 4) is 0 Å². The lowest BCUT2D eigenvalue weighted by molar-refractivity contribution is 0.0762. The summed E-state index contributed by atoms with van der Waals surface area (Å²) in [5, 5.41) is 3.46. The Bertz CT molecular complexity index is 191. The zero-order valence-corrected chi connectivity index (χ0v) is 9.90. The van der Waals surface area contributed by atoms with Crippen molar-refractivity contribution < 1.29 is 4.39 Å². The van der Waals surface area contributed by atoms with Gasteiger partial charge in [-0.15, -0.1) is 0 Å². The molecule has 0 aromatic heterocycles. The third kappa shape index (κ3) is 2.93. The maximum atomic E-state index is 14.5. The Morgan fingerprint density at radius 2 is 1.80 bits per heavy atom. The number of halogens is 1. The summed E-state index contributed by atoms with van der Waals surface area (Å²) in [6.45, 7) is 2.92. The molecular formula is C13H24FN. The molecule has 0 spiro atoms. The maximum Gasteiger partial charge on any atom is 0.112 e. The van der Waals surface area contributed by atoms with Gasteiger partial charge >= 0.3 is 0 Å². The fraction of sp³-hybridized carbons (Fsp3) is 1.00. The van der Waals surface area contributed by atoms with Gasteiger partial charge in [-0.05, 0) is 51.5 Å². The minimum absolute atomic E-state index is 0.334. The second-order valence-electron chi connectivity index (χ2n) is 5.61. The van der Waals surface area contributed by atoms with E-state index in [-0.39, 0.29) is 0 Å². The Morgan fingerprint density at radius 1 is 1.13 bits per heavy atom. The highest BCUT2D eigenvalue weighted by atomic mass is 19.1. The molecule has 1 aliphatic heterocycles. The molecule has 0 bridgehead atoms. The first-order valence-electron chi connectivity index (χ1n) is 6.61. The fourth-order valence-electron chi connectivity index (χ4n) is 3.27. The number of alkyl halides is 1. The number of rotatable bonds is 3. The topological polar surface area (TPSA) is 12.0 Å². The summed E-state index contributed by atoms with van der Waals surface area (Å²) in [5.41, 5.74) is -0.925. The van der Waals surface area contributed by atoms with Crippen molar-refractivity contribution in [2.24, 2.45) is 5.92 Å². The highest BCUT2D eigenvalue weighted by Crippen LogP contribution is 2.39. The van der Waals surface area contributed by atoms with Crippen LogP contribution in [0.5, 0.6) is 0 Å². The third-order valence-corrected chi connectivity index (χ3v) is 4.26. The van der Waals surface area contributed by atoms with Gasteiger partial charge in [-0.3, -0.25) is 0 Å². The van der Waals surface area contributed by atoms with E-state index in [4.69, 9.17) is 0 Å². The Kier molecular flexibility index (Phi) is 3.65. The van der Waals surface area contributed by atoms with E-state index in [9.17, 15) is 4.39 Å². The molecule has 15 heavy (non-hydrogen) atoms. The Labute approximate surface area is 92.8 Å². The van der Waals surface area contributed by atoms with E-state index in [1.54, 1.807) is 0 Å². The van der Waals surface area contributed by atoms with Crippen LogP contribution < -0.4 is 5.32 Å². The second-order valence-corrected chi connectivity index (χ2v) is 5.61. The fourth-order valence-corrected chi connectivity index (χ4v) is 3.27. The minimum Gasteiger partial charge on any atom is -0.314 e. The molecule has 1 saturated heterocycles. The molecule has 1 aliphatic carbocycles. The monoisotopic (exact) mass is 213 g/mol. The van der Waals surface area contributed by atoms with Crippen LogP contribution in [0.2, 0.25) is 0 Å². The number of nitrogens with one attached hydrogen (secondary N) is 1. The van der Waals surface area contributed by atoms with E-state index in [0.717, 1.165) is 25.8 Å². The van der Waals surface area contributed by atoms with Crippen LogP contribution in [0, 0.1) is 5.92 Å². The molecule has 2 unspecified atom stereocenters. The van der Waals surface area contributed by atoms with Gasteiger partial charge < -0.3 is 5.32 Å². The van der Waals surface area contributed by atoms with E-state index in [1.807, 2.05) is 6.92 Å². The summed E-state index contributed by atoms with van der Waals surface area (Å²) < 4.78 is 14.5. The van der Waals surface area contributed by atoms with Crippen LogP contribution in [0.4, 0.5) is 4.39 Å². The van der Waals surface area contributed by atoms with Gasteiger partial charge in [-0.1, -0.05) is 19.3 Å². The van der Waals surface area contributed by atoms with Crippen molar-refractivity contribution in [1.82, 2.24) is 5.32 Å². The summed E-state index contributed by atoms with van der Waals surface area (Å²) >= 11 is 0. The number of piperidine rings is 1. The molecule has 2 fully saturated rings. The van der Waals surface area contributed by atoms with Gasteiger partial charge in [0.2, 0.25) is 0 Å². The molecule has 1 nitrogen and oxygen atoms in total. The standard InChI is InChI=1S/C13H24FN/c1-13(14,11-6-2-3-7-11)10-12-8-4-5-9-15-12/h11-12,15H,2-10H2,1H3. The van der Waals surface area contributed by atoms with E-state index < -0.39 is 5.67 Å². The molecule has 2 atom stereocenters. The van der Waals surface area contributed by atoms with Crippen LogP contribution in [-0.2, 0) is 0 Å². The largest absolute Gasteiger partial charge is 0.314 e. The molecule has 88 valence electrons. The highest BCUT2D eigenvalue weighted by molar-refractivity contribution is 4.90. The number of hydrogen-bond acceptors (Lipinski definition) is 1. The molecule has 0 aromatic rings. The summed E-state index contributed by atoms with van der Waals surface area (Å²) in [4.78, 5) is 0. The van der Waals surface area contributed by atoms with Crippen molar-refractivity contribution in [2.75, 3.05) is 6.54 Å². The normalized spacial score (nSPS) is 32.8. The predicted octanol–water partition coefficient (Wildman–Crippen LogP) is 3.44. The zero-order chi connectivity index (χ0) is 10.7. The van der Waals surface area contributed by atoms with Crippen molar-refractivity contribution in [3.63, 3.8) is 0 Å². The van der Waals surface area contributed by atoms with Crippen molar-refractivity contribution in [3.05, 3.63) is 0 Å². The summed E-state index contributed by atoms with van der Waals surface area (Å²) in [6.07, 6.45) is 9.15. The third-order valence-electron chi connectivity index (χ3n) is 4.26. The SMILES string of the molecule is CC(F)(CC1CCCCN1)C1CCCC1. The maximum absolute atomic E-state index is 14.5. The highest BCUT2D eigenvalue weighted by Gasteiger charge is 2.37. The van der Waals surface area contributed by atoms with Gasteiger partial charge in [0.1, 0.15) is 5.67 Å². The van der Waals surface area contributed by atoms with E-state index in [2.05, 4.69) is 5.32 Å². The molecule has 1 heterocycles. The van der Waals surface area contributed by atoms with Crippen LogP contribution in [0.3, 0.4) is 0 Å². The predicted molar refractivity (Wildman–Crippen MR) is 61.7 cm³/mol. The lowest BCUT2D eigenvalue weighted by Crippen LogP contribution is -2.41. The van der Waals surface area contributed by atoms with E-state index in [1.165, 1.54) is 32.1 Å². The first-order chi connectivity index (χ1) is 7.18. The molecule has 0 radical (unpaired) electrons. The molecule has 0 aromatic carbocycles. The summed E-state index contributed by atoms with van der Waals surface area (Å²) in [7, 11) is 0. The Hall–Kier alpha value is -0.110. The van der Waals surface area contributed by atoms with Gasteiger partial charge in [0, 0.05) is 6.04 Å². The van der Waals surface area contributed by atoms with Gasteiger partial charge in [0.15, 0.2) is 0 Å². The minimum atomic E-state index is -0.925. The molecule has 1 saturated carbocycles. The van der Waals surface area contributed by atoms with Crippen LogP contribution in [0.1, 0.15) is 58.3 Å². The van der Waals surface area contributed by atoms with Crippen LogP contribution in [-0.4, -0.2) is 18.3 Å². The molecule has 2 rings (SSSR count). The molecule has 2 heteroatoms. The molecular weight excluding hydrogens is 189 g/mol. The average Bonchev–Trinajstić information content (AvgIpc) is 2.71. The van der Waals surface area contributed by atoms with Crippen LogP contribution in [0.15, 0.2) is 0 Å². The first-order valence-corrected chi connectivity index (χ1v) is 6.61. The lowest BCUT2D eigenvalue weighted by Gasteiger charge is -2.33. The van der Waals surface area contributed by atoms with Gasteiger partial charge in [-0.25, -0.2) is 4.39 Å². The van der Waals surface area contributed by atoms with Gasteiger partial charge in [0.05, 0.1) is 0 Å². The molecule has 1 N–H and O–H groups in total. The zero-order valence-electron chi connectivity index (χ0n) is 9.90. The Balaban J connectivity index is 1.84. The van der Waals surface area contributed by atoms with Crippen molar-refractivity contribution in [2.45, 2.75) is 70.0 Å². The van der Waals surface area contributed by atoms with Crippen molar-refractivity contribution >= 4 is 0 Å². The van der Waals surface area contributed by atoms with Gasteiger partial charge in [0.25, 0.3) is 0 Å². The molecule has 2 aliphatic rings. The Morgan fingerprint density at radius 3 is 2.40 bits per heavy atom. The summed E-state index contributed by atoms with van der Waals surface area (Å²) in [5.74, 6) is 0.334. The summed E-state index contributed by atoms with van der Waals surface area (Å²) in [6, 6.07) is 0.439. The number of hydrogen-bond donors (Lipinski definition) is 1. The smallest absolute Gasteiger partial charge is 0.112 e.